The molecule has 5 nitrogen and oxygen atoms in total. The third-order valence-corrected chi connectivity index (χ3v) is 3.95. The van der Waals surface area contributed by atoms with Gasteiger partial charge in [-0.15, -0.1) is 0 Å². The Bertz CT molecular complexity index is 922. The number of anilines is 2. The first kappa shape index (κ1) is 17.3. The number of nitrogens with one attached hydrogen (secondary N) is 2. The maximum atomic E-state index is 12.2. The van der Waals surface area contributed by atoms with Gasteiger partial charge < -0.3 is 15.1 Å². The number of hydrogen-bond acceptors (Lipinski definition) is 3. The van der Waals surface area contributed by atoms with Gasteiger partial charge in [0.2, 0.25) is 0 Å². The number of carbonyl (C=O) groups excluding carboxylic acids is 2. The Labute approximate surface area is 157 Å². The molecule has 25 heavy (non-hydrogen) atoms. The molecular weight excluding hydrogens is 408 g/mol. The molecule has 3 rings (SSSR count). The lowest BCUT2D eigenvalue weighted by Crippen LogP contribution is -2.12. The van der Waals surface area contributed by atoms with Crippen molar-refractivity contribution in [3.8, 4) is 0 Å². The number of hydrogen-bond donors (Lipinski definition) is 2. The molecule has 0 saturated heterocycles. The maximum absolute atomic E-state index is 12.2. The molecule has 0 bridgehead atoms. The standard InChI is InChI=1S/C18H12BrClN2O3/c19-16-9-8-15(25-16)18(24)22-14-6-4-13(5-7-14)21-17(23)11-2-1-3-12(20)10-11/h1-10H,(H,21,23)(H,22,24). The monoisotopic (exact) mass is 418 g/mol. The van der Waals surface area contributed by atoms with E-state index < -0.39 is 0 Å². The number of furan rings is 1. The number of carbonyl (C=O) groups is 2. The van der Waals surface area contributed by atoms with Gasteiger partial charge in [-0.05, 0) is 70.5 Å². The largest absolute Gasteiger partial charge is 0.444 e. The SMILES string of the molecule is O=C(Nc1ccc(NC(=O)c2ccc(Br)o2)cc1)c1cccc(Cl)c1. The van der Waals surface area contributed by atoms with Crippen molar-refractivity contribution in [1.82, 2.24) is 0 Å². The molecule has 7 heteroatoms. The van der Waals surface area contributed by atoms with Crippen molar-refractivity contribution in [3.63, 3.8) is 0 Å². The van der Waals surface area contributed by atoms with Crippen LogP contribution in [0.3, 0.4) is 0 Å². The van der Waals surface area contributed by atoms with Crippen LogP contribution in [-0.2, 0) is 0 Å². The van der Waals surface area contributed by atoms with Crippen LogP contribution < -0.4 is 10.6 Å². The molecule has 0 aliphatic carbocycles. The van der Waals surface area contributed by atoms with Crippen LogP contribution in [0, 0.1) is 0 Å². The zero-order chi connectivity index (χ0) is 17.8. The second-order valence-corrected chi connectivity index (χ2v) is 6.32. The smallest absolute Gasteiger partial charge is 0.291 e. The predicted octanol–water partition coefficient (Wildman–Crippen LogP) is 5.20. The molecule has 2 aromatic carbocycles. The quantitative estimate of drug-likeness (QED) is 0.610. The normalized spacial score (nSPS) is 10.3. The average molecular weight is 420 g/mol. The molecule has 126 valence electrons. The summed E-state index contributed by atoms with van der Waals surface area (Å²) in [5.74, 6) is -0.425. The van der Waals surface area contributed by atoms with Gasteiger partial charge in [0.05, 0.1) is 0 Å². The van der Waals surface area contributed by atoms with Gasteiger partial charge in [-0.3, -0.25) is 9.59 Å². The van der Waals surface area contributed by atoms with E-state index in [-0.39, 0.29) is 17.6 Å². The Balaban J connectivity index is 1.64. The predicted molar refractivity (Wildman–Crippen MR) is 100 cm³/mol. The van der Waals surface area contributed by atoms with Crippen molar-refractivity contribution in [3.05, 3.63) is 81.7 Å². The molecule has 3 aromatic rings. The van der Waals surface area contributed by atoms with Crippen LogP contribution in [0.1, 0.15) is 20.9 Å². The van der Waals surface area contributed by atoms with Crippen molar-refractivity contribution in [2.75, 3.05) is 10.6 Å². The summed E-state index contributed by atoms with van der Waals surface area (Å²) >= 11 is 9.03. The van der Waals surface area contributed by atoms with E-state index in [1.165, 1.54) is 0 Å². The highest BCUT2D eigenvalue weighted by molar-refractivity contribution is 9.10. The fourth-order valence-corrected chi connectivity index (χ4v) is 2.60. The van der Waals surface area contributed by atoms with Crippen molar-refractivity contribution in [2.45, 2.75) is 0 Å². The molecule has 0 fully saturated rings. The Morgan fingerprint density at radius 1 is 0.880 bits per heavy atom. The summed E-state index contributed by atoms with van der Waals surface area (Å²) in [6, 6.07) is 16.6. The number of benzene rings is 2. The third-order valence-electron chi connectivity index (χ3n) is 3.28. The van der Waals surface area contributed by atoms with Crippen LogP contribution in [0.4, 0.5) is 11.4 Å². The van der Waals surface area contributed by atoms with Gasteiger partial charge in [0, 0.05) is 22.0 Å². The highest BCUT2D eigenvalue weighted by Crippen LogP contribution is 2.18. The van der Waals surface area contributed by atoms with Gasteiger partial charge in [-0.25, -0.2) is 0 Å². The molecule has 2 N–H and O–H groups in total. The van der Waals surface area contributed by atoms with Gasteiger partial charge in [0.15, 0.2) is 10.4 Å². The summed E-state index contributed by atoms with van der Waals surface area (Å²) in [6.45, 7) is 0. The first-order valence-electron chi connectivity index (χ1n) is 7.25. The number of amides is 2. The van der Waals surface area contributed by atoms with Gasteiger partial charge in [0.1, 0.15) is 0 Å². The van der Waals surface area contributed by atoms with E-state index in [2.05, 4.69) is 26.6 Å². The molecule has 0 radical (unpaired) electrons. The molecule has 0 atom stereocenters. The first-order chi connectivity index (χ1) is 12.0. The zero-order valence-corrected chi connectivity index (χ0v) is 15.1. The highest BCUT2D eigenvalue weighted by atomic mass is 79.9. The summed E-state index contributed by atoms with van der Waals surface area (Å²) in [6.07, 6.45) is 0. The van der Waals surface area contributed by atoms with E-state index in [1.54, 1.807) is 60.7 Å². The Morgan fingerprint density at radius 2 is 1.52 bits per heavy atom. The van der Waals surface area contributed by atoms with Crippen molar-refractivity contribution < 1.29 is 14.0 Å². The zero-order valence-electron chi connectivity index (χ0n) is 12.8. The summed E-state index contributed by atoms with van der Waals surface area (Å²) in [7, 11) is 0. The fraction of sp³-hybridized carbons (Fsp3) is 0. The lowest BCUT2D eigenvalue weighted by atomic mass is 10.2. The molecule has 0 aliphatic heterocycles. The summed E-state index contributed by atoms with van der Waals surface area (Å²) in [5.41, 5.74) is 1.65. The van der Waals surface area contributed by atoms with Crippen molar-refractivity contribution >= 4 is 50.7 Å². The van der Waals surface area contributed by atoms with E-state index in [9.17, 15) is 9.59 Å². The minimum atomic E-state index is -0.360. The Hall–Kier alpha value is -2.57. The van der Waals surface area contributed by atoms with E-state index in [4.69, 9.17) is 16.0 Å². The van der Waals surface area contributed by atoms with Crippen LogP contribution in [0.2, 0.25) is 5.02 Å². The molecular formula is C18H12BrClN2O3. The highest BCUT2D eigenvalue weighted by Gasteiger charge is 2.11. The summed E-state index contributed by atoms with van der Waals surface area (Å²) in [5, 5.41) is 5.97. The van der Waals surface area contributed by atoms with Crippen molar-refractivity contribution in [2.24, 2.45) is 0 Å². The van der Waals surface area contributed by atoms with Crippen LogP contribution in [0.25, 0.3) is 0 Å². The first-order valence-corrected chi connectivity index (χ1v) is 8.42. The summed E-state index contributed by atoms with van der Waals surface area (Å²) < 4.78 is 5.67. The van der Waals surface area contributed by atoms with Crippen LogP contribution in [-0.4, -0.2) is 11.8 Å². The second kappa shape index (κ2) is 7.55. The minimum Gasteiger partial charge on any atom is -0.444 e. The molecule has 0 spiro atoms. The fourth-order valence-electron chi connectivity index (χ4n) is 2.10. The topological polar surface area (TPSA) is 71.3 Å². The molecule has 0 saturated carbocycles. The molecule has 1 heterocycles. The van der Waals surface area contributed by atoms with Crippen LogP contribution in [0.5, 0.6) is 0 Å². The second-order valence-electron chi connectivity index (χ2n) is 5.10. The lowest BCUT2D eigenvalue weighted by Gasteiger charge is -2.07. The molecule has 0 aliphatic rings. The number of rotatable bonds is 4. The average Bonchev–Trinajstić information content (AvgIpc) is 3.03. The van der Waals surface area contributed by atoms with Gasteiger partial charge >= 0.3 is 0 Å². The van der Waals surface area contributed by atoms with E-state index in [0.717, 1.165) is 0 Å². The lowest BCUT2D eigenvalue weighted by molar-refractivity contribution is 0.0993. The summed E-state index contributed by atoms with van der Waals surface area (Å²) in [4.78, 5) is 24.2. The number of halogens is 2. The van der Waals surface area contributed by atoms with Gasteiger partial charge in [-0.1, -0.05) is 17.7 Å². The maximum Gasteiger partial charge on any atom is 0.291 e. The van der Waals surface area contributed by atoms with E-state index in [0.29, 0.717) is 26.6 Å². The van der Waals surface area contributed by atoms with Gasteiger partial charge in [-0.2, -0.15) is 0 Å². The van der Waals surface area contributed by atoms with Gasteiger partial charge in [0.25, 0.3) is 11.8 Å². The van der Waals surface area contributed by atoms with Crippen molar-refractivity contribution in [1.29, 1.82) is 0 Å². The Kier molecular flexibility index (Phi) is 5.21. The minimum absolute atomic E-state index is 0.199. The molecule has 0 unspecified atom stereocenters. The van der Waals surface area contributed by atoms with E-state index in [1.807, 2.05) is 0 Å². The van der Waals surface area contributed by atoms with Crippen LogP contribution >= 0.6 is 27.5 Å². The molecule has 2 amide bonds. The molecule has 1 aromatic heterocycles. The third kappa shape index (κ3) is 4.49. The van der Waals surface area contributed by atoms with Crippen LogP contribution in [0.15, 0.2) is 69.8 Å². The Morgan fingerprint density at radius 3 is 2.08 bits per heavy atom. The van der Waals surface area contributed by atoms with E-state index >= 15 is 0 Å².